The summed E-state index contributed by atoms with van der Waals surface area (Å²) >= 11 is 0. The standard InChI is InChI=1S/C18H21NO8/c1-22-7-12-8-26-14-5-4-11(6-15(14)27-12)19-10-25-9-13(17(20)23-2)16(19)18(21)24-3/h4-6,12H,7-10H2,1-3H3. The highest BCUT2D eigenvalue weighted by Crippen LogP contribution is 2.37. The van der Waals surface area contributed by atoms with Crippen LogP contribution < -0.4 is 14.4 Å². The molecular weight excluding hydrogens is 358 g/mol. The van der Waals surface area contributed by atoms with Gasteiger partial charge in [-0.1, -0.05) is 0 Å². The van der Waals surface area contributed by atoms with Gasteiger partial charge in [0.05, 0.1) is 33.0 Å². The average molecular weight is 379 g/mol. The molecule has 2 heterocycles. The highest BCUT2D eigenvalue weighted by molar-refractivity contribution is 6.03. The van der Waals surface area contributed by atoms with Gasteiger partial charge in [-0.2, -0.15) is 0 Å². The third-order valence-corrected chi connectivity index (χ3v) is 4.14. The van der Waals surface area contributed by atoms with Crippen LogP contribution in [0.1, 0.15) is 0 Å². The Balaban J connectivity index is 1.98. The van der Waals surface area contributed by atoms with Gasteiger partial charge in [0.15, 0.2) is 17.6 Å². The molecule has 1 unspecified atom stereocenters. The summed E-state index contributed by atoms with van der Waals surface area (Å²) in [6.07, 6.45) is -0.239. The normalized spacial score (nSPS) is 18.9. The third kappa shape index (κ3) is 3.83. The first-order chi connectivity index (χ1) is 13.1. The van der Waals surface area contributed by atoms with Gasteiger partial charge in [0, 0.05) is 18.9 Å². The predicted octanol–water partition coefficient (Wildman–Crippen LogP) is 0.867. The first-order valence-electron chi connectivity index (χ1n) is 8.26. The quantitative estimate of drug-likeness (QED) is 0.691. The van der Waals surface area contributed by atoms with Crippen LogP contribution in [0.15, 0.2) is 29.5 Å². The summed E-state index contributed by atoms with van der Waals surface area (Å²) in [5, 5.41) is 0. The van der Waals surface area contributed by atoms with Crippen molar-refractivity contribution in [2.24, 2.45) is 0 Å². The van der Waals surface area contributed by atoms with Crippen molar-refractivity contribution in [1.29, 1.82) is 0 Å². The van der Waals surface area contributed by atoms with Gasteiger partial charge in [-0.25, -0.2) is 9.59 Å². The van der Waals surface area contributed by atoms with Crippen LogP contribution in [0.5, 0.6) is 11.5 Å². The van der Waals surface area contributed by atoms with Gasteiger partial charge in [-0.15, -0.1) is 0 Å². The Morgan fingerprint density at radius 2 is 1.93 bits per heavy atom. The minimum atomic E-state index is -0.661. The molecule has 0 saturated heterocycles. The molecule has 0 saturated carbocycles. The van der Waals surface area contributed by atoms with Crippen molar-refractivity contribution in [1.82, 2.24) is 0 Å². The van der Waals surface area contributed by atoms with Crippen molar-refractivity contribution in [2.45, 2.75) is 6.10 Å². The topological polar surface area (TPSA) is 92.8 Å². The Morgan fingerprint density at radius 1 is 1.15 bits per heavy atom. The number of anilines is 1. The molecular formula is C18H21NO8. The lowest BCUT2D eigenvalue weighted by Gasteiger charge is -2.32. The molecule has 2 aliphatic rings. The minimum absolute atomic E-state index is 0.0475. The Kier molecular flexibility index (Phi) is 5.82. The van der Waals surface area contributed by atoms with Crippen LogP contribution in [0, 0.1) is 0 Å². The number of carbonyl (C=O) groups excluding carboxylic acids is 2. The maximum Gasteiger partial charge on any atom is 0.355 e. The largest absolute Gasteiger partial charge is 0.486 e. The fourth-order valence-corrected chi connectivity index (χ4v) is 2.89. The van der Waals surface area contributed by atoms with E-state index in [0.717, 1.165) is 0 Å². The SMILES string of the molecule is COCC1COc2ccc(N3COCC(C(=O)OC)=C3C(=O)OC)cc2O1. The van der Waals surface area contributed by atoms with E-state index >= 15 is 0 Å². The second-order valence-corrected chi connectivity index (χ2v) is 5.85. The van der Waals surface area contributed by atoms with Gasteiger partial charge in [0.1, 0.15) is 19.0 Å². The van der Waals surface area contributed by atoms with E-state index in [1.54, 1.807) is 25.3 Å². The average Bonchev–Trinajstić information content (AvgIpc) is 2.71. The van der Waals surface area contributed by atoms with Gasteiger partial charge < -0.3 is 33.3 Å². The molecule has 1 aromatic carbocycles. The molecule has 27 heavy (non-hydrogen) atoms. The number of methoxy groups -OCH3 is 3. The van der Waals surface area contributed by atoms with Gasteiger partial charge in [-0.05, 0) is 12.1 Å². The molecule has 0 radical (unpaired) electrons. The Labute approximate surface area is 156 Å². The molecule has 9 heteroatoms. The minimum Gasteiger partial charge on any atom is -0.486 e. The van der Waals surface area contributed by atoms with Crippen LogP contribution in [0.2, 0.25) is 0 Å². The molecule has 0 aromatic heterocycles. The predicted molar refractivity (Wildman–Crippen MR) is 92.6 cm³/mol. The molecule has 0 amide bonds. The number of rotatable bonds is 5. The third-order valence-electron chi connectivity index (χ3n) is 4.14. The van der Waals surface area contributed by atoms with Crippen LogP contribution in [-0.2, 0) is 28.5 Å². The maximum atomic E-state index is 12.3. The number of esters is 2. The Bertz CT molecular complexity index is 760. The molecule has 0 aliphatic carbocycles. The smallest absolute Gasteiger partial charge is 0.355 e. The zero-order valence-electron chi connectivity index (χ0n) is 15.4. The Morgan fingerprint density at radius 3 is 2.63 bits per heavy atom. The van der Waals surface area contributed by atoms with Crippen molar-refractivity contribution in [2.75, 3.05) is 52.8 Å². The van der Waals surface area contributed by atoms with Gasteiger partial charge in [0.25, 0.3) is 0 Å². The van der Waals surface area contributed by atoms with Crippen LogP contribution in [0.3, 0.4) is 0 Å². The summed E-state index contributed by atoms with van der Waals surface area (Å²) in [6, 6.07) is 5.18. The molecule has 2 aliphatic heterocycles. The number of hydrogen-bond acceptors (Lipinski definition) is 9. The van der Waals surface area contributed by atoms with Crippen LogP contribution >= 0.6 is 0 Å². The molecule has 0 N–H and O–H groups in total. The van der Waals surface area contributed by atoms with Crippen molar-refractivity contribution in [3.05, 3.63) is 29.5 Å². The van der Waals surface area contributed by atoms with E-state index in [4.69, 9.17) is 28.4 Å². The molecule has 0 spiro atoms. The zero-order chi connectivity index (χ0) is 19.4. The summed E-state index contributed by atoms with van der Waals surface area (Å²) < 4.78 is 31.7. The fourth-order valence-electron chi connectivity index (χ4n) is 2.89. The van der Waals surface area contributed by atoms with Crippen LogP contribution in [0.4, 0.5) is 5.69 Å². The molecule has 146 valence electrons. The second-order valence-electron chi connectivity index (χ2n) is 5.85. The maximum absolute atomic E-state index is 12.3. The molecule has 1 atom stereocenters. The van der Waals surface area contributed by atoms with E-state index < -0.39 is 11.9 Å². The van der Waals surface area contributed by atoms with Gasteiger partial charge in [0.2, 0.25) is 0 Å². The van der Waals surface area contributed by atoms with Crippen molar-refractivity contribution in [3.63, 3.8) is 0 Å². The molecule has 3 rings (SSSR count). The van der Waals surface area contributed by atoms with Crippen molar-refractivity contribution >= 4 is 17.6 Å². The van der Waals surface area contributed by atoms with Crippen LogP contribution in [-0.4, -0.2) is 65.9 Å². The lowest BCUT2D eigenvalue weighted by Crippen LogP contribution is -2.39. The molecule has 9 nitrogen and oxygen atoms in total. The molecule has 0 bridgehead atoms. The first-order valence-corrected chi connectivity index (χ1v) is 8.26. The summed E-state index contributed by atoms with van der Waals surface area (Å²) in [4.78, 5) is 26.0. The van der Waals surface area contributed by atoms with E-state index in [0.29, 0.717) is 30.4 Å². The second kappa shape index (κ2) is 8.28. The van der Waals surface area contributed by atoms with E-state index in [1.165, 1.54) is 19.1 Å². The number of nitrogens with zero attached hydrogens (tertiary/aromatic N) is 1. The van der Waals surface area contributed by atoms with Crippen LogP contribution in [0.25, 0.3) is 0 Å². The van der Waals surface area contributed by atoms with E-state index in [1.807, 2.05) is 0 Å². The number of fused-ring (bicyclic) bond motifs is 1. The summed E-state index contributed by atoms with van der Waals surface area (Å²) in [5.41, 5.74) is 0.736. The zero-order valence-corrected chi connectivity index (χ0v) is 15.4. The van der Waals surface area contributed by atoms with Crippen molar-refractivity contribution < 1.29 is 38.0 Å². The van der Waals surface area contributed by atoms with Gasteiger partial charge in [-0.3, -0.25) is 0 Å². The highest BCUT2D eigenvalue weighted by Gasteiger charge is 2.33. The molecule has 0 fully saturated rings. The summed E-state index contributed by atoms with van der Waals surface area (Å²) in [7, 11) is 4.07. The highest BCUT2D eigenvalue weighted by atomic mass is 16.6. The number of benzene rings is 1. The van der Waals surface area contributed by atoms with Crippen molar-refractivity contribution in [3.8, 4) is 11.5 Å². The Hall–Kier alpha value is -2.78. The summed E-state index contributed by atoms with van der Waals surface area (Å²) in [6.45, 7) is 0.781. The van der Waals surface area contributed by atoms with E-state index in [-0.39, 0.29) is 30.7 Å². The first kappa shape index (κ1) is 19.0. The lowest BCUT2D eigenvalue weighted by molar-refractivity contribution is -0.140. The van der Waals surface area contributed by atoms with E-state index in [9.17, 15) is 9.59 Å². The number of hydrogen-bond donors (Lipinski definition) is 0. The number of carbonyl (C=O) groups is 2. The lowest BCUT2D eigenvalue weighted by atomic mass is 10.1. The van der Waals surface area contributed by atoms with Gasteiger partial charge >= 0.3 is 11.9 Å². The number of ether oxygens (including phenoxy) is 6. The molecule has 1 aromatic rings. The monoisotopic (exact) mass is 379 g/mol. The fraction of sp³-hybridized carbons (Fsp3) is 0.444. The summed E-state index contributed by atoms with van der Waals surface area (Å²) in [5.74, 6) is -0.223. The van der Waals surface area contributed by atoms with E-state index in [2.05, 4.69) is 0 Å².